The average molecular weight is 288 g/mol. The third-order valence-electron chi connectivity index (χ3n) is 3.24. The van der Waals surface area contributed by atoms with Gasteiger partial charge in [0, 0.05) is 13.0 Å². The van der Waals surface area contributed by atoms with Crippen molar-refractivity contribution in [3.8, 4) is 0 Å². The van der Waals surface area contributed by atoms with E-state index >= 15 is 0 Å². The van der Waals surface area contributed by atoms with Crippen molar-refractivity contribution in [2.24, 2.45) is 0 Å². The second-order valence-corrected chi connectivity index (χ2v) is 5.20. The van der Waals surface area contributed by atoms with Gasteiger partial charge in [-0.15, -0.1) is 0 Å². The minimum Gasteiger partial charge on any atom is -0.457 e. The van der Waals surface area contributed by atoms with Crippen LogP contribution in [0.15, 0.2) is 0 Å². The number of carbonyl (C=O) groups excluding carboxylic acids is 1. The van der Waals surface area contributed by atoms with Crippen LogP contribution in [0.4, 0.5) is 0 Å². The van der Waals surface area contributed by atoms with Crippen molar-refractivity contribution in [3.05, 3.63) is 0 Å². The Morgan fingerprint density at radius 3 is 2.15 bits per heavy atom. The van der Waals surface area contributed by atoms with Gasteiger partial charge in [0.1, 0.15) is 6.10 Å². The fraction of sp³-hybridized carbons (Fsp3) is 0.938. The van der Waals surface area contributed by atoms with Gasteiger partial charge in [0.2, 0.25) is 0 Å². The van der Waals surface area contributed by atoms with Crippen molar-refractivity contribution in [1.29, 1.82) is 0 Å². The molecule has 0 fully saturated rings. The number of aliphatic hydroxyl groups excluding tert-OH is 1. The van der Waals surface area contributed by atoms with Gasteiger partial charge < -0.3 is 14.6 Å². The molecule has 1 N–H and O–H groups in total. The molecule has 0 aliphatic rings. The Bertz CT molecular complexity index is 219. The third kappa shape index (κ3) is 12.4. The lowest BCUT2D eigenvalue weighted by Crippen LogP contribution is -2.27. The van der Waals surface area contributed by atoms with Gasteiger partial charge in [-0.3, -0.25) is 4.79 Å². The number of hydrogen-bond donors (Lipinski definition) is 1. The fourth-order valence-corrected chi connectivity index (χ4v) is 1.95. The van der Waals surface area contributed by atoms with E-state index in [1.54, 1.807) is 6.92 Å². The summed E-state index contributed by atoms with van der Waals surface area (Å²) in [6.07, 6.45) is 9.95. The van der Waals surface area contributed by atoms with Crippen molar-refractivity contribution >= 4 is 5.97 Å². The van der Waals surface area contributed by atoms with Crippen molar-refractivity contribution < 1.29 is 19.4 Å². The highest BCUT2D eigenvalue weighted by Gasteiger charge is 2.11. The molecule has 0 saturated carbocycles. The molecule has 0 rings (SSSR count). The quantitative estimate of drug-likeness (QED) is 0.393. The van der Waals surface area contributed by atoms with Gasteiger partial charge in [-0.1, -0.05) is 58.8 Å². The molecule has 4 heteroatoms. The van der Waals surface area contributed by atoms with Crippen molar-refractivity contribution in [2.45, 2.75) is 77.7 Å². The summed E-state index contributed by atoms with van der Waals surface area (Å²) in [7, 11) is 0. The number of ether oxygens (including phenoxy) is 2. The maximum Gasteiger partial charge on any atom is 0.305 e. The molecule has 120 valence electrons. The summed E-state index contributed by atoms with van der Waals surface area (Å²) in [5.74, 6) is -0.292. The zero-order valence-electron chi connectivity index (χ0n) is 13.2. The summed E-state index contributed by atoms with van der Waals surface area (Å²) in [4.78, 5) is 11.1. The van der Waals surface area contributed by atoms with Crippen LogP contribution in [-0.2, 0) is 14.3 Å². The van der Waals surface area contributed by atoms with E-state index < -0.39 is 6.10 Å². The summed E-state index contributed by atoms with van der Waals surface area (Å²) >= 11 is 0. The minimum atomic E-state index is -0.517. The van der Waals surface area contributed by atoms with E-state index in [0.717, 1.165) is 6.42 Å². The van der Waals surface area contributed by atoms with Crippen LogP contribution in [0.2, 0.25) is 0 Å². The zero-order valence-corrected chi connectivity index (χ0v) is 13.2. The summed E-state index contributed by atoms with van der Waals surface area (Å²) in [6.45, 7) is 4.75. The van der Waals surface area contributed by atoms with E-state index in [-0.39, 0.29) is 12.6 Å². The van der Waals surface area contributed by atoms with E-state index in [1.807, 2.05) is 0 Å². The number of unbranched alkanes of at least 4 members (excludes halogenated alkanes) is 7. The molecule has 0 spiro atoms. The molecular formula is C16H32O4. The summed E-state index contributed by atoms with van der Waals surface area (Å²) in [6, 6.07) is 0. The smallest absolute Gasteiger partial charge is 0.305 e. The number of hydrogen-bond acceptors (Lipinski definition) is 4. The molecule has 20 heavy (non-hydrogen) atoms. The molecule has 0 aromatic rings. The van der Waals surface area contributed by atoms with Crippen molar-refractivity contribution in [2.75, 3.05) is 19.8 Å². The van der Waals surface area contributed by atoms with E-state index in [0.29, 0.717) is 19.6 Å². The lowest BCUT2D eigenvalue weighted by atomic mass is 10.1. The highest BCUT2D eigenvalue weighted by Crippen LogP contribution is 2.08. The van der Waals surface area contributed by atoms with Crippen molar-refractivity contribution in [1.82, 2.24) is 0 Å². The Morgan fingerprint density at radius 1 is 1.00 bits per heavy atom. The van der Waals surface area contributed by atoms with E-state index in [2.05, 4.69) is 6.92 Å². The number of aliphatic hydroxyl groups is 1. The van der Waals surface area contributed by atoms with E-state index in [4.69, 9.17) is 14.6 Å². The van der Waals surface area contributed by atoms with Crippen LogP contribution in [0.25, 0.3) is 0 Å². The fourth-order valence-electron chi connectivity index (χ4n) is 1.95. The zero-order chi connectivity index (χ0) is 15.1. The van der Waals surface area contributed by atoms with Crippen LogP contribution in [0.5, 0.6) is 0 Å². The van der Waals surface area contributed by atoms with Crippen LogP contribution in [0.1, 0.15) is 71.6 Å². The lowest BCUT2D eigenvalue weighted by molar-refractivity contribution is -0.154. The Kier molecular flexibility index (Phi) is 14.3. The third-order valence-corrected chi connectivity index (χ3v) is 3.24. The van der Waals surface area contributed by atoms with Gasteiger partial charge in [-0.05, 0) is 6.42 Å². The molecule has 0 aromatic carbocycles. The van der Waals surface area contributed by atoms with Crippen LogP contribution >= 0.6 is 0 Å². The highest BCUT2D eigenvalue weighted by molar-refractivity contribution is 5.69. The summed E-state index contributed by atoms with van der Waals surface area (Å²) in [5, 5.41) is 9.06. The molecule has 0 aliphatic heterocycles. The largest absolute Gasteiger partial charge is 0.457 e. The summed E-state index contributed by atoms with van der Waals surface area (Å²) < 4.78 is 10.5. The highest BCUT2D eigenvalue weighted by atomic mass is 16.6. The number of carbonyl (C=O) groups is 1. The molecule has 0 bridgehead atoms. The number of esters is 1. The van der Waals surface area contributed by atoms with Crippen LogP contribution in [-0.4, -0.2) is 37.0 Å². The Balaban J connectivity index is 3.31. The predicted octanol–water partition coefficient (Wildman–Crippen LogP) is 3.46. The van der Waals surface area contributed by atoms with E-state index in [1.165, 1.54) is 44.9 Å². The summed E-state index contributed by atoms with van der Waals surface area (Å²) in [5.41, 5.74) is 0. The molecule has 0 saturated heterocycles. The first kappa shape index (κ1) is 19.4. The predicted molar refractivity (Wildman–Crippen MR) is 80.7 cm³/mol. The second kappa shape index (κ2) is 14.8. The Hall–Kier alpha value is -0.610. The maximum atomic E-state index is 11.1. The van der Waals surface area contributed by atoms with E-state index in [9.17, 15) is 4.79 Å². The monoisotopic (exact) mass is 288 g/mol. The Morgan fingerprint density at radius 2 is 1.60 bits per heavy atom. The van der Waals surface area contributed by atoms with Gasteiger partial charge >= 0.3 is 5.97 Å². The molecule has 1 unspecified atom stereocenters. The van der Waals surface area contributed by atoms with Gasteiger partial charge in [-0.2, -0.15) is 0 Å². The van der Waals surface area contributed by atoms with Gasteiger partial charge in [0.05, 0.1) is 13.2 Å². The molecule has 0 aromatic heterocycles. The van der Waals surface area contributed by atoms with Crippen molar-refractivity contribution in [3.63, 3.8) is 0 Å². The molecule has 1 atom stereocenters. The molecule has 0 radical (unpaired) electrons. The minimum absolute atomic E-state index is 0.177. The molecule has 0 heterocycles. The SMILES string of the molecule is CCCCCCCCCCOCC(CO)OC(=O)CC. The standard InChI is InChI=1S/C16H32O4/c1-3-5-6-7-8-9-10-11-12-19-14-15(13-17)20-16(18)4-2/h15,17H,3-14H2,1-2H3. The topological polar surface area (TPSA) is 55.8 Å². The average Bonchev–Trinajstić information content (AvgIpc) is 2.47. The lowest BCUT2D eigenvalue weighted by Gasteiger charge is -2.15. The van der Waals surface area contributed by atoms with Gasteiger partial charge in [0.15, 0.2) is 0 Å². The Labute approximate surface area is 123 Å². The number of rotatable bonds is 14. The molecular weight excluding hydrogens is 256 g/mol. The molecule has 0 amide bonds. The normalized spacial score (nSPS) is 12.3. The van der Waals surface area contributed by atoms with Crippen LogP contribution < -0.4 is 0 Å². The second-order valence-electron chi connectivity index (χ2n) is 5.20. The maximum absolute atomic E-state index is 11.1. The molecule has 0 aliphatic carbocycles. The van der Waals surface area contributed by atoms with Crippen LogP contribution in [0.3, 0.4) is 0 Å². The van der Waals surface area contributed by atoms with Gasteiger partial charge in [-0.25, -0.2) is 0 Å². The first-order chi connectivity index (χ1) is 9.74. The first-order valence-electron chi connectivity index (χ1n) is 8.12. The molecule has 4 nitrogen and oxygen atoms in total. The van der Waals surface area contributed by atoms with Crippen LogP contribution in [0, 0.1) is 0 Å². The van der Waals surface area contributed by atoms with Gasteiger partial charge in [0.25, 0.3) is 0 Å². The first-order valence-corrected chi connectivity index (χ1v) is 8.12.